The molecule has 148 valence electrons. The monoisotopic (exact) mass is 395 g/mol. The number of nitrogens with two attached hydrogens (primary N) is 1. The predicted octanol–water partition coefficient (Wildman–Crippen LogP) is 4.38. The Morgan fingerprint density at radius 1 is 0.933 bits per heavy atom. The van der Waals surface area contributed by atoms with Gasteiger partial charge in [0.05, 0.1) is 11.4 Å². The van der Waals surface area contributed by atoms with Crippen molar-refractivity contribution in [3.05, 3.63) is 102 Å². The van der Waals surface area contributed by atoms with Gasteiger partial charge in [0.15, 0.2) is 0 Å². The highest BCUT2D eigenvalue weighted by atomic mass is 16.2. The van der Waals surface area contributed by atoms with E-state index in [1.165, 1.54) is 0 Å². The number of hydrogen-bond donors (Lipinski definition) is 3. The third-order valence-electron chi connectivity index (χ3n) is 4.72. The highest BCUT2D eigenvalue weighted by Gasteiger charge is 2.16. The van der Waals surface area contributed by atoms with Gasteiger partial charge in [-0.3, -0.25) is 10.2 Å². The van der Waals surface area contributed by atoms with E-state index < -0.39 is 0 Å². The van der Waals surface area contributed by atoms with Gasteiger partial charge in [0.2, 0.25) is 0 Å². The molecule has 0 atom stereocenters. The molecule has 4 N–H and O–H groups in total. The molecule has 4 aromatic rings. The molecule has 0 aliphatic heterocycles. The summed E-state index contributed by atoms with van der Waals surface area (Å²) in [4.78, 5) is 13.0. The van der Waals surface area contributed by atoms with Crippen molar-refractivity contribution in [1.29, 1.82) is 5.41 Å². The van der Waals surface area contributed by atoms with Gasteiger partial charge in [-0.15, -0.1) is 0 Å². The lowest BCUT2D eigenvalue weighted by Gasteiger charge is -2.10. The average Bonchev–Trinajstić information content (AvgIpc) is 3.17. The van der Waals surface area contributed by atoms with Crippen LogP contribution in [0.3, 0.4) is 0 Å². The van der Waals surface area contributed by atoms with Gasteiger partial charge < -0.3 is 11.1 Å². The van der Waals surface area contributed by atoms with Crippen molar-refractivity contribution in [2.75, 3.05) is 5.32 Å². The molecule has 0 spiro atoms. The average molecular weight is 395 g/mol. The lowest BCUT2D eigenvalue weighted by molar-refractivity contribution is 0.101. The summed E-state index contributed by atoms with van der Waals surface area (Å²) in [6, 6.07) is 26.6. The van der Waals surface area contributed by atoms with Crippen LogP contribution < -0.4 is 11.1 Å². The quantitative estimate of drug-likeness (QED) is 0.345. The second-order valence-corrected chi connectivity index (χ2v) is 6.94. The second-order valence-electron chi connectivity index (χ2n) is 6.94. The molecule has 6 heteroatoms. The number of amides is 1. The van der Waals surface area contributed by atoms with Crippen molar-refractivity contribution in [1.82, 2.24) is 9.78 Å². The van der Waals surface area contributed by atoms with Crippen molar-refractivity contribution in [3.63, 3.8) is 0 Å². The van der Waals surface area contributed by atoms with Gasteiger partial charge in [0, 0.05) is 11.3 Å². The maximum Gasteiger partial charge on any atom is 0.274 e. The highest BCUT2D eigenvalue weighted by molar-refractivity contribution is 6.03. The van der Waals surface area contributed by atoms with E-state index in [1.54, 1.807) is 28.9 Å². The third kappa shape index (κ3) is 3.98. The first-order valence-electron chi connectivity index (χ1n) is 9.49. The van der Waals surface area contributed by atoms with Crippen LogP contribution in [0.25, 0.3) is 16.8 Å². The Labute approximate surface area is 174 Å². The van der Waals surface area contributed by atoms with Crippen LogP contribution in [0.5, 0.6) is 0 Å². The lowest BCUT2D eigenvalue weighted by Crippen LogP contribution is -2.17. The summed E-state index contributed by atoms with van der Waals surface area (Å²) in [6.07, 6.45) is 0. The van der Waals surface area contributed by atoms with Crippen LogP contribution in [0.2, 0.25) is 0 Å². The Bertz CT molecular complexity index is 1210. The van der Waals surface area contributed by atoms with Gasteiger partial charge in [0.25, 0.3) is 5.91 Å². The maximum atomic E-state index is 13.0. The number of rotatable bonds is 5. The minimum absolute atomic E-state index is 0.0368. The number of nitrogens with one attached hydrogen (secondary N) is 2. The van der Waals surface area contributed by atoms with Crippen LogP contribution in [-0.4, -0.2) is 21.5 Å². The smallest absolute Gasteiger partial charge is 0.274 e. The first kappa shape index (κ1) is 19.1. The molecular weight excluding hydrogens is 374 g/mol. The largest absolute Gasteiger partial charge is 0.384 e. The summed E-state index contributed by atoms with van der Waals surface area (Å²) in [6.45, 7) is 1.83. The van der Waals surface area contributed by atoms with E-state index >= 15 is 0 Å². The summed E-state index contributed by atoms with van der Waals surface area (Å²) >= 11 is 0. The molecule has 0 saturated carbocycles. The molecule has 0 fully saturated rings. The molecule has 0 unspecified atom stereocenters. The first-order chi connectivity index (χ1) is 14.5. The number of amidine groups is 1. The van der Waals surface area contributed by atoms with Crippen LogP contribution in [0, 0.1) is 12.3 Å². The zero-order valence-corrected chi connectivity index (χ0v) is 16.5. The number of anilines is 1. The van der Waals surface area contributed by atoms with E-state index in [1.807, 2.05) is 67.6 Å². The zero-order chi connectivity index (χ0) is 21.1. The molecule has 0 aliphatic carbocycles. The molecule has 6 nitrogen and oxygen atoms in total. The molecule has 3 aromatic carbocycles. The van der Waals surface area contributed by atoms with Gasteiger partial charge in [0.1, 0.15) is 11.5 Å². The molecule has 0 radical (unpaired) electrons. The van der Waals surface area contributed by atoms with Crippen molar-refractivity contribution < 1.29 is 4.79 Å². The third-order valence-corrected chi connectivity index (χ3v) is 4.72. The Kier molecular flexibility index (Phi) is 5.13. The fourth-order valence-corrected chi connectivity index (χ4v) is 3.23. The number of carbonyl (C=O) groups is 1. The van der Waals surface area contributed by atoms with Crippen LogP contribution in [0.1, 0.15) is 21.7 Å². The molecule has 1 aromatic heterocycles. The topological polar surface area (TPSA) is 96.8 Å². The maximum absolute atomic E-state index is 13.0. The molecule has 30 heavy (non-hydrogen) atoms. The molecule has 1 heterocycles. The van der Waals surface area contributed by atoms with E-state index in [-0.39, 0.29) is 11.7 Å². The summed E-state index contributed by atoms with van der Waals surface area (Å²) in [5.74, 6) is -0.304. The molecule has 4 rings (SSSR count). The minimum atomic E-state index is -0.267. The SMILES string of the molecule is Cc1cc(C(=O)Nc2ccc(-c3ccccc3)cc2)n(-c2cccc(C(=N)N)c2)n1. The summed E-state index contributed by atoms with van der Waals surface area (Å²) < 4.78 is 1.56. The van der Waals surface area contributed by atoms with Crippen LogP contribution in [-0.2, 0) is 0 Å². The summed E-state index contributed by atoms with van der Waals surface area (Å²) in [7, 11) is 0. The lowest BCUT2D eigenvalue weighted by atomic mass is 10.1. The molecule has 1 amide bonds. The van der Waals surface area contributed by atoms with E-state index in [0.717, 1.165) is 11.1 Å². The Morgan fingerprint density at radius 3 is 2.33 bits per heavy atom. The van der Waals surface area contributed by atoms with Crippen molar-refractivity contribution in [3.8, 4) is 16.8 Å². The molecular formula is C24H21N5O. The van der Waals surface area contributed by atoms with Gasteiger partial charge >= 0.3 is 0 Å². The van der Waals surface area contributed by atoms with E-state index in [4.69, 9.17) is 11.1 Å². The summed E-state index contributed by atoms with van der Waals surface area (Å²) in [5.41, 5.74) is 10.8. The predicted molar refractivity (Wildman–Crippen MR) is 119 cm³/mol. The fourth-order valence-electron chi connectivity index (χ4n) is 3.23. The van der Waals surface area contributed by atoms with Gasteiger partial charge in [-0.25, -0.2) is 4.68 Å². The van der Waals surface area contributed by atoms with Crippen LogP contribution in [0.4, 0.5) is 5.69 Å². The Hall–Kier alpha value is -4.19. The minimum Gasteiger partial charge on any atom is -0.384 e. The van der Waals surface area contributed by atoms with Gasteiger partial charge in [-0.2, -0.15) is 5.10 Å². The number of carbonyl (C=O) groups excluding carboxylic acids is 1. The van der Waals surface area contributed by atoms with E-state index in [2.05, 4.69) is 10.4 Å². The van der Waals surface area contributed by atoms with Gasteiger partial charge in [-0.1, -0.05) is 54.6 Å². The number of aromatic nitrogens is 2. The van der Waals surface area contributed by atoms with Gasteiger partial charge in [-0.05, 0) is 48.4 Å². The zero-order valence-electron chi connectivity index (χ0n) is 16.5. The van der Waals surface area contributed by atoms with Crippen molar-refractivity contribution in [2.24, 2.45) is 5.73 Å². The van der Waals surface area contributed by atoms with Crippen molar-refractivity contribution in [2.45, 2.75) is 6.92 Å². The number of aryl methyl sites for hydroxylation is 1. The second kappa shape index (κ2) is 8.05. The van der Waals surface area contributed by atoms with E-state index in [0.29, 0.717) is 28.3 Å². The Balaban J connectivity index is 1.59. The Morgan fingerprint density at radius 2 is 1.63 bits per heavy atom. The number of benzene rings is 3. The number of nitrogens with zero attached hydrogens (tertiary/aromatic N) is 2. The highest BCUT2D eigenvalue weighted by Crippen LogP contribution is 2.22. The molecule has 0 saturated heterocycles. The first-order valence-corrected chi connectivity index (χ1v) is 9.49. The molecule has 0 bridgehead atoms. The number of nitrogen functional groups attached to an aromatic ring is 1. The molecule has 0 aliphatic rings. The number of hydrogen-bond acceptors (Lipinski definition) is 3. The van der Waals surface area contributed by atoms with Crippen molar-refractivity contribution >= 4 is 17.4 Å². The van der Waals surface area contributed by atoms with Crippen LogP contribution >= 0.6 is 0 Å². The standard InChI is InChI=1S/C24H21N5O/c1-16-14-22(29(28-16)21-9-5-8-19(15-21)23(25)26)24(30)27-20-12-10-18(11-13-20)17-6-3-2-4-7-17/h2-15H,1H3,(H3,25,26)(H,27,30). The summed E-state index contributed by atoms with van der Waals surface area (Å²) in [5, 5.41) is 15.0. The van der Waals surface area contributed by atoms with Crippen LogP contribution in [0.15, 0.2) is 84.9 Å². The fraction of sp³-hybridized carbons (Fsp3) is 0.0417. The normalized spacial score (nSPS) is 10.6. The van der Waals surface area contributed by atoms with E-state index in [9.17, 15) is 4.79 Å².